The van der Waals surface area contributed by atoms with Crippen molar-refractivity contribution in [1.82, 2.24) is 9.80 Å². The van der Waals surface area contributed by atoms with Crippen molar-refractivity contribution in [2.24, 2.45) is 0 Å². The predicted molar refractivity (Wildman–Crippen MR) is 100 cm³/mol. The lowest BCUT2D eigenvalue weighted by Gasteiger charge is -2.38. The van der Waals surface area contributed by atoms with Crippen molar-refractivity contribution < 1.29 is 19.1 Å². The van der Waals surface area contributed by atoms with Crippen LogP contribution in [0.1, 0.15) is 34.5 Å². The van der Waals surface area contributed by atoms with E-state index >= 15 is 0 Å². The molecule has 2 aromatic rings. The molecule has 142 valence electrons. The van der Waals surface area contributed by atoms with Crippen LogP contribution in [0.15, 0.2) is 48.5 Å². The first-order valence-electron chi connectivity index (χ1n) is 8.98. The van der Waals surface area contributed by atoms with E-state index in [1.54, 1.807) is 30.3 Å². The predicted octanol–water partition coefficient (Wildman–Crippen LogP) is 2.97. The van der Waals surface area contributed by atoms with Gasteiger partial charge in [0, 0.05) is 38.3 Å². The maximum Gasteiger partial charge on any atom is 0.325 e. The quantitative estimate of drug-likeness (QED) is 0.792. The Labute approximate surface area is 158 Å². The second-order valence-corrected chi connectivity index (χ2v) is 6.86. The Morgan fingerprint density at radius 2 is 1.78 bits per heavy atom. The van der Waals surface area contributed by atoms with Gasteiger partial charge >= 0.3 is 5.97 Å². The van der Waals surface area contributed by atoms with Gasteiger partial charge in [0.15, 0.2) is 5.78 Å². The zero-order valence-corrected chi connectivity index (χ0v) is 15.3. The minimum absolute atomic E-state index is 0.0825. The van der Waals surface area contributed by atoms with E-state index in [1.165, 1.54) is 19.1 Å². The van der Waals surface area contributed by atoms with Gasteiger partial charge in [0.2, 0.25) is 0 Å². The van der Waals surface area contributed by atoms with Crippen molar-refractivity contribution in [3.8, 4) is 0 Å². The SMILES string of the molecule is CC(=O)c1cccc([C@@H](C(=O)O)N2CCN(Cc3cccc(F)c3)CC2)c1. The average Bonchev–Trinajstić information content (AvgIpc) is 2.63. The topological polar surface area (TPSA) is 60.9 Å². The van der Waals surface area contributed by atoms with Gasteiger partial charge in [-0.05, 0) is 36.2 Å². The van der Waals surface area contributed by atoms with Crippen molar-refractivity contribution in [3.63, 3.8) is 0 Å². The van der Waals surface area contributed by atoms with Crippen LogP contribution in [-0.4, -0.2) is 52.8 Å². The van der Waals surface area contributed by atoms with Crippen LogP contribution in [0.3, 0.4) is 0 Å². The molecule has 27 heavy (non-hydrogen) atoms. The molecule has 3 rings (SSSR count). The highest BCUT2D eigenvalue weighted by Crippen LogP contribution is 2.24. The Morgan fingerprint density at radius 3 is 2.41 bits per heavy atom. The average molecular weight is 370 g/mol. The fourth-order valence-electron chi connectivity index (χ4n) is 3.51. The van der Waals surface area contributed by atoms with Gasteiger partial charge < -0.3 is 5.11 Å². The Morgan fingerprint density at radius 1 is 1.07 bits per heavy atom. The van der Waals surface area contributed by atoms with Crippen LogP contribution >= 0.6 is 0 Å². The van der Waals surface area contributed by atoms with Crippen LogP contribution in [0.4, 0.5) is 4.39 Å². The van der Waals surface area contributed by atoms with E-state index in [-0.39, 0.29) is 11.6 Å². The maximum atomic E-state index is 13.3. The van der Waals surface area contributed by atoms with E-state index in [9.17, 15) is 19.1 Å². The number of nitrogens with zero attached hydrogens (tertiary/aromatic N) is 2. The maximum absolute atomic E-state index is 13.3. The molecule has 0 radical (unpaired) electrons. The fourth-order valence-corrected chi connectivity index (χ4v) is 3.51. The largest absolute Gasteiger partial charge is 0.480 e. The first kappa shape index (κ1) is 19.2. The van der Waals surface area contributed by atoms with E-state index in [4.69, 9.17) is 0 Å². The third kappa shape index (κ3) is 4.78. The van der Waals surface area contributed by atoms with Crippen molar-refractivity contribution in [1.29, 1.82) is 0 Å². The number of piperazine rings is 1. The number of hydrogen-bond donors (Lipinski definition) is 1. The van der Waals surface area contributed by atoms with Gasteiger partial charge in [0.25, 0.3) is 0 Å². The van der Waals surface area contributed by atoms with Crippen LogP contribution in [0.25, 0.3) is 0 Å². The molecule has 0 unspecified atom stereocenters. The van der Waals surface area contributed by atoms with E-state index in [2.05, 4.69) is 4.90 Å². The summed E-state index contributed by atoms with van der Waals surface area (Å²) in [4.78, 5) is 27.6. The summed E-state index contributed by atoms with van der Waals surface area (Å²) >= 11 is 0. The number of benzene rings is 2. The number of ketones is 1. The molecule has 1 atom stereocenters. The number of carbonyl (C=O) groups excluding carboxylic acids is 1. The number of rotatable bonds is 6. The van der Waals surface area contributed by atoms with Crippen LogP contribution in [0, 0.1) is 5.82 Å². The van der Waals surface area contributed by atoms with E-state index < -0.39 is 12.0 Å². The molecular formula is C21H23FN2O3. The summed E-state index contributed by atoms with van der Waals surface area (Å²) < 4.78 is 13.3. The monoisotopic (exact) mass is 370 g/mol. The van der Waals surface area contributed by atoms with E-state index in [0.29, 0.717) is 43.9 Å². The third-order valence-corrected chi connectivity index (χ3v) is 4.91. The Bertz CT molecular complexity index is 832. The molecule has 0 saturated carbocycles. The second-order valence-electron chi connectivity index (χ2n) is 6.86. The summed E-state index contributed by atoms with van der Waals surface area (Å²) in [5.41, 5.74) is 2.05. The summed E-state index contributed by atoms with van der Waals surface area (Å²) in [6.07, 6.45) is 0. The van der Waals surface area contributed by atoms with Crippen LogP contribution in [0.2, 0.25) is 0 Å². The minimum Gasteiger partial charge on any atom is -0.480 e. The highest BCUT2D eigenvalue weighted by molar-refractivity contribution is 5.94. The van der Waals surface area contributed by atoms with Gasteiger partial charge in [-0.2, -0.15) is 0 Å². The molecule has 0 aliphatic carbocycles. The first-order chi connectivity index (χ1) is 12.9. The smallest absolute Gasteiger partial charge is 0.325 e. The minimum atomic E-state index is -0.922. The number of aliphatic carboxylic acids is 1. The number of halogens is 1. The molecule has 1 fully saturated rings. The molecular weight excluding hydrogens is 347 g/mol. The van der Waals surface area contributed by atoms with Crippen molar-refractivity contribution in [2.75, 3.05) is 26.2 Å². The van der Waals surface area contributed by atoms with Gasteiger partial charge in [0.05, 0.1) is 0 Å². The molecule has 1 saturated heterocycles. The third-order valence-electron chi connectivity index (χ3n) is 4.91. The molecule has 2 aromatic carbocycles. The number of hydrogen-bond acceptors (Lipinski definition) is 4. The number of carboxylic acid groups (broad SMARTS) is 1. The van der Waals surface area contributed by atoms with E-state index in [0.717, 1.165) is 5.56 Å². The zero-order chi connectivity index (χ0) is 19.4. The molecule has 1 N–H and O–H groups in total. The Kier molecular flexibility index (Phi) is 5.98. The summed E-state index contributed by atoms with van der Waals surface area (Å²) in [5, 5.41) is 9.76. The molecule has 1 aliphatic rings. The summed E-state index contributed by atoms with van der Waals surface area (Å²) in [6, 6.07) is 12.6. The zero-order valence-electron chi connectivity index (χ0n) is 15.3. The van der Waals surface area contributed by atoms with Gasteiger partial charge in [-0.3, -0.25) is 19.4 Å². The summed E-state index contributed by atoms with van der Waals surface area (Å²) in [5.74, 6) is -1.25. The van der Waals surface area contributed by atoms with Gasteiger partial charge in [-0.1, -0.05) is 30.3 Å². The van der Waals surface area contributed by atoms with Crippen molar-refractivity contribution >= 4 is 11.8 Å². The molecule has 0 aromatic heterocycles. The highest BCUT2D eigenvalue weighted by Gasteiger charge is 2.30. The van der Waals surface area contributed by atoms with Crippen LogP contribution in [-0.2, 0) is 11.3 Å². The second kappa shape index (κ2) is 8.41. The van der Waals surface area contributed by atoms with Gasteiger partial charge in [-0.15, -0.1) is 0 Å². The van der Waals surface area contributed by atoms with E-state index in [1.807, 2.05) is 11.0 Å². The standard InChI is InChI=1S/C21H23FN2O3/c1-15(25)17-5-3-6-18(13-17)20(21(26)27)24-10-8-23(9-11-24)14-16-4-2-7-19(22)12-16/h2-7,12-13,20H,8-11,14H2,1H3,(H,26,27)/t20-/m0/s1. The van der Waals surface area contributed by atoms with Crippen molar-refractivity contribution in [2.45, 2.75) is 19.5 Å². The summed E-state index contributed by atoms with van der Waals surface area (Å²) in [7, 11) is 0. The molecule has 1 heterocycles. The van der Waals surface area contributed by atoms with Gasteiger partial charge in [0.1, 0.15) is 11.9 Å². The lowest BCUT2D eigenvalue weighted by Crippen LogP contribution is -2.48. The Hall–Kier alpha value is -2.57. The van der Waals surface area contributed by atoms with Crippen LogP contribution in [0.5, 0.6) is 0 Å². The van der Waals surface area contributed by atoms with Crippen molar-refractivity contribution in [3.05, 3.63) is 71.0 Å². The number of carbonyl (C=O) groups is 2. The molecule has 0 bridgehead atoms. The first-order valence-corrected chi connectivity index (χ1v) is 8.98. The fraction of sp³-hybridized carbons (Fsp3) is 0.333. The number of carboxylic acids is 1. The van der Waals surface area contributed by atoms with Crippen LogP contribution < -0.4 is 0 Å². The lowest BCUT2D eigenvalue weighted by molar-refractivity contribution is -0.144. The molecule has 0 amide bonds. The lowest BCUT2D eigenvalue weighted by atomic mass is 10.0. The summed E-state index contributed by atoms with van der Waals surface area (Å²) in [6.45, 7) is 4.70. The molecule has 6 heteroatoms. The normalized spacial score (nSPS) is 16.8. The molecule has 1 aliphatic heterocycles. The number of Topliss-reactive ketones (excluding diaryl/α,β-unsaturated/α-hetero) is 1. The highest BCUT2D eigenvalue weighted by atomic mass is 19.1. The molecule has 0 spiro atoms. The molecule has 5 nitrogen and oxygen atoms in total. The Balaban J connectivity index is 1.68. The van der Waals surface area contributed by atoms with Gasteiger partial charge in [-0.25, -0.2) is 4.39 Å².